The molecule has 4 aliphatic heterocycles. The Morgan fingerprint density at radius 1 is 0.542 bits per heavy atom. The van der Waals surface area contributed by atoms with E-state index in [-0.39, 0.29) is 0 Å². The Bertz CT molecular complexity index is 317. The van der Waals surface area contributed by atoms with Gasteiger partial charge in [0.1, 0.15) is 0 Å². The zero-order valence-electron chi connectivity index (χ0n) is 14.9. The van der Waals surface area contributed by atoms with Crippen LogP contribution in [0.5, 0.6) is 0 Å². The molecule has 4 aliphatic rings. The van der Waals surface area contributed by atoms with Crippen molar-refractivity contribution in [2.24, 2.45) is 0 Å². The second-order valence-corrected chi connectivity index (χ2v) is 7.89. The van der Waals surface area contributed by atoms with Crippen LogP contribution in [-0.4, -0.2) is 92.5 Å². The summed E-state index contributed by atoms with van der Waals surface area (Å²) in [6.45, 7) is 9.14. The van der Waals surface area contributed by atoms with Crippen molar-refractivity contribution in [2.45, 2.75) is 56.8 Å². The molecule has 24 heavy (non-hydrogen) atoms. The van der Waals surface area contributed by atoms with Crippen LogP contribution in [0.1, 0.15) is 38.5 Å². The van der Waals surface area contributed by atoms with Gasteiger partial charge in [-0.1, -0.05) is 0 Å². The quantitative estimate of drug-likeness (QED) is 0.726. The zero-order chi connectivity index (χ0) is 16.2. The summed E-state index contributed by atoms with van der Waals surface area (Å²) in [5.41, 5.74) is 0. The van der Waals surface area contributed by atoms with Crippen LogP contribution >= 0.6 is 0 Å². The maximum atomic E-state index is 5.86. The largest absolute Gasteiger partial charge is 0.377 e. The van der Waals surface area contributed by atoms with Crippen LogP contribution in [0.15, 0.2) is 0 Å². The van der Waals surface area contributed by atoms with Crippen LogP contribution in [-0.2, 0) is 14.2 Å². The van der Waals surface area contributed by atoms with Gasteiger partial charge in [-0.25, -0.2) is 0 Å². The number of ether oxygens (including phenoxy) is 3. The predicted octanol–water partition coefficient (Wildman–Crippen LogP) is 1.32. The van der Waals surface area contributed by atoms with E-state index in [1.54, 1.807) is 0 Å². The van der Waals surface area contributed by atoms with Gasteiger partial charge >= 0.3 is 0 Å². The van der Waals surface area contributed by atoms with Gasteiger partial charge in [0.2, 0.25) is 0 Å². The summed E-state index contributed by atoms with van der Waals surface area (Å²) >= 11 is 0. The standard InChI is InChI=1S/C18H33N3O3/c1-4-16(22-7-1)10-19-13-20(11-17-5-2-8-23-17)15-21(14-19)12-18-6-3-9-24-18/h16-18H,1-15H2/t16-,17-,18-/m0/s1. The van der Waals surface area contributed by atoms with Crippen molar-refractivity contribution in [3.63, 3.8) is 0 Å². The smallest absolute Gasteiger partial charge is 0.0703 e. The van der Waals surface area contributed by atoms with Gasteiger partial charge in [-0.3, -0.25) is 14.7 Å². The van der Waals surface area contributed by atoms with E-state index in [4.69, 9.17) is 14.2 Å². The fourth-order valence-electron chi connectivity index (χ4n) is 4.56. The molecule has 0 amide bonds. The molecule has 3 atom stereocenters. The molecule has 0 N–H and O–H groups in total. The Balaban J connectivity index is 1.33. The highest BCUT2D eigenvalue weighted by atomic mass is 16.5. The second kappa shape index (κ2) is 8.43. The molecule has 4 saturated heterocycles. The van der Waals surface area contributed by atoms with Crippen molar-refractivity contribution >= 4 is 0 Å². The van der Waals surface area contributed by atoms with E-state index >= 15 is 0 Å². The van der Waals surface area contributed by atoms with E-state index in [0.29, 0.717) is 18.3 Å². The maximum Gasteiger partial charge on any atom is 0.0703 e. The minimum absolute atomic E-state index is 0.428. The molecular weight excluding hydrogens is 306 g/mol. The molecule has 4 rings (SSSR count). The van der Waals surface area contributed by atoms with E-state index in [9.17, 15) is 0 Å². The molecule has 6 nitrogen and oxygen atoms in total. The van der Waals surface area contributed by atoms with Gasteiger partial charge in [0.05, 0.1) is 38.3 Å². The minimum atomic E-state index is 0.428. The first-order valence-corrected chi connectivity index (χ1v) is 9.87. The fourth-order valence-corrected chi connectivity index (χ4v) is 4.56. The van der Waals surface area contributed by atoms with Crippen LogP contribution in [0.2, 0.25) is 0 Å². The second-order valence-electron chi connectivity index (χ2n) is 7.89. The lowest BCUT2D eigenvalue weighted by Gasteiger charge is -2.44. The monoisotopic (exact) mass is 339 g/mol. The van der Waals surface area contributed by atoms with Crippen molar-refractivity contribution in [2.75, 3.05) is 59.5 Å². The van der Waals surface area contributed by atoms with Gasteiger partial charge < -0.3 is 14.2 Å². The van der Waals surface area contributed by atoms with Gasteiger partial charge in [0.25, 0.3) is 0 Å². The van der Waals surface area contributed by atoms with Crippen molar-refractivity contribution in [1.82, 2.24) is 14.7 Å². The van der Waals surface area contributed by atoms with Crippen LogP contribution in [0.25, 0.3) is 0 Å². The highest BCUT2D eigenvalue weighted by Gasteiger charge is 2.31. The first-order chi connectivity index (χ1) is 11.8. The maximum absolute atomic E-state index is 5.86. The summed E-state index contributed by atoms with van der Waals surface area (Å²) in [6, 6.07) is 0. The summed E-state index contributed by atoms with van der Waals surface area (Å²) in [7, 11) is 0. The van der Waals surface area contributed by atoms with Crippen molar-refractivity contribution in [1.29, 1.82) is 0 Å². The van der Waals surface area contributed by atoms with Gasteiger partial charge in [0.15, 0.2) is 0 Å². The molecule has 138 valence electrons. The highest BCUT2D eigenvalue weighted by Crippen LogP contribution is 2.20. The van der Waals surface area contributed by atoms with Crippen molar-refractivity contribution in [3.05, 3.63) is 0 Å². The third kappa shape index (κ3) is 4.68. The van der Waals surface area contributed by atoms with E-state index in [2.05, 4.69) is 14.7 Å². The van der Waals surface area contributed by atoms with Crippen LogP contribution in [0.4, 0.5) is 0 Å². The Labute approximate surface area is 146 Å². The molecule has 0 aromatic carbocycles. The van der Waals surface area contributed by atoms with Gasteiger partial charge in [-0.2, -0.15) is 0 Å². The SMILES string of the molecule is C1CO[C@H](CN2CN(C[C@@H]3CCCO3)CN(C[C@@H]3CCCO3)C2)C1. The van der Waals surface area contributed by atoms with Crippen LogP contribution in [0.3, 0.4) is 0 Å². The zero-order valence-corrected chi connectivity index (χ0v) is 14.9. The average Bonchev–Trinajstić information content (AvgIpc) is 3.30. The van der Waals surface area contributed by atoms with E-state index in [0.717, 1.165) is 59.5 Å². The lowest BCUT2D eigenvalue weighted by Crippen LogP contribution is -2.58. The summed E-state index contributed by atoms with van der Waals surface area (Å²) < 4.78 is 17.6. The number of hydrogen-bond acceptors (Lipinski definition) is 6. The summed E-state index contributed by atoms with van der Waals surface area (Å²) in [5.74, 6) is 0. The molecule has 0 bridgehead atoms. The molecule has 4 heterocycles. The van der Waals surface area contributed by atoms with Crippen LogP contribution in [0, 0.1) is 0 Å². The van der Waals surface area contributed by atoms with Gasteiger partial charge in [-0.05, 0) is 38.5 Å². The first kappa shape index (κ1) is 17.2. The summed E-state index contributed by atoms with van der Waals surface area (Å²) in [5, 5.41) is 0. The fraction of sp³-hybridized carbons (Fsp3) is 1.00. The van der Waals surface area contributed by atoms with Crippen molar-refractivity contribution in [3.8, 4) is 0 Å². The van der Waals surface area contributed by atoms with E-state index < -0.39 is 0 Å². The lowest BCUT2D eigenvalue weighted by molar-refractivity contribution is -0.0763. The Morgan fingerprint density at radius 2 is 0.875 bits per heavy atom. The molecule has 6 heteroatoms. The third-order valence-corrected chi connectivity index (χ3v) is 5.66. The Kier molecular flexibility index (Phi) is 6.04. The number of rotatable bonds is 6. The van der Waals surface area contributed by atoms with E-state index in [1.165, 1.54) is 38.5 Å². The average molecular weight is 339 g/mol. The molecule has 0 aromatic heterocycles. The third-order valence-electron chi connectivity index (χ3n) is 5.66. The van der Waals surface area contributed by atoms with E-state index in [1.807, 2.05) is 0 Å². The molecule has 0 aromatic rings. The number of hydrogen-bond donors (Lipinski definition) is 0. The summed E-state index contributed by atoms with van der Waals surface area (Å²) in [6.07, 6.45) is 8.59. The number of nitrogens with zero attached hydrogens (tertiary/aromatic N) is 3. The van der Waals surface area contributed by atoms with Gasteiger partial charge in [0, 0.05) is 39.5 Å². The topological polar surface area (TPSA) is 37.4 Å². The molecular formula is C18H33N3O3. The lowest BCUT2D eigenvalue weighted by atomic mass is 10.2. The Hall–Kier alpha value is -0.240. The normalized spacial score (nSPS) is 36.8. The minimum Gasteiger partial charge on any atom is -0.377 e. The highest BCUT2D eigenvalue weighted by molar-refractivity contribution is 4.80. The molecule has 4 fully saturated rings. The predicted molar refractivity (Wildman–Crippen MR) is 91.6 cm³/mol. The molecule has 0 radical (unpaired) electrons. The van der Waals surface area contributed by atoms with Crippen molar-refractivity contribution < 1.29 is 14.2 Å². The first-order valence-electron chi connectivity index (χ1n) is 9.87. The molecule has 0 saturated carbocycles. The van der Waals surface area contributed by atoms with Gasteiger partial charge in [-0.15, -0.1) is 0 Å². The van der Waals surface area contributed by atoms with Crippen LogP contribution < -0.4 is 0 Å². The molecule has 0 aliphatic carbocycles. The Morgan fingerprint density at radius 3 is 1.12 bits per heavy atom. The molecule has 0 spiro atoms. The molecule has 0 unspecified atom stereocenters. The summed E-state index contributed by atoms with van der Waals surface area (Å²) in [4.78, 5) is 7.68.